The summed E-state index contributed by atoms with van der Waals surface area (Å²) in [6, 6.07) is 9.73. The van der Waals surface area contributed by atoms with Crippen LogP contribution in [0.1, 0.15) is 96.7 Å². The predicted molar refractivity (Wildman–Crippen MR) is 140 cm³/mol. The van der Waals surface area contributed by atoms with E-state index in [2.05, 4.69) is 11.4 Å². The van der Waals surface area contributed by atoms with Crippen molar-refractivity contribution in [2.24, 2.45) is 0 Å². The van der Waals surface area contributed by atoms with Crippen LogP contribution in [0.3, 0.4) is 0 Å². The molecule has 2 aromatic rings. The van der Waals surface area contributed by atoms with E-state index in [-0.39, 0.29) is 29.9 Å². The van der Waals surface area contributed by atoms with Crippen LogP contribution in [0.15, 0.2) is 30.3 Å². The SMILES string of the molecule is COc1ccc(C2CCC(OC(C)=O)CC2NC(=O)c2ccc(C3CC3)c(C3CC3)c2OC)cc1OC. The zero-order valence-corrected chi connectivity index (χ0v) is 22.2. The first-order valence-corrected chi connectivity index (χ1v) is 13.3. The summed E-state index contributed by atoms with van der Waals surface area (Å²) >= 11 is 0. The minimum atomic E-state index is -0.300. The lowest BCUT2D eigenvalue weighted by molar-refractivity contribution is -0.148. The third-order valence-electron chi connectivity index (χ3n) is 7.97. The first-order valence-electron chi connectivity index (χ1n) is 13.3. The van der Waals surface area contributed by atoms with Crippen LogP contribution < -0.4 is 19.5 Å². The molecule has 1 amide bonds. The molecule has 3 aliphatic rings. The minimum absolute atomic E-state index is 0.0372. The maximum absolute atomic E-state index is 13.8. The van der Waals surface area contributed by atoms with Crippen molar-refractivity contribution in [2.75, 3.05) is 21.3 Å². The van der Waals surface area contributed by atoms with E-state index in [1.165, 1.54) is 30.9 Å². The van der Waals surface area contributed by atoms with Gasteiger partial charge in [-0.1, -0.05) is 12.1 Å². The van der Waals surface area contributed by atoms with Crippen molar-refractivity contribution in [1.82, 2.24) is 5.32 Å². The Morgan fingerprint density at radius 3 is 2.19 bits per heavy atom. The number of hydrogen-bond acceptors (Lipinski definition) is 6. The molecule has 2 aromatic carbocycles. The smallest absolute Gasteiger partial charge is 0.302 e. The summed E-state index contributed by atoms with van der Waals surface area (Å²) in [5.74, 6) is 2.70. The molecule has 0 saturated heterocycles. The van der Waals surface area contributed by atoms with Gasteiger partial charge in [0.2, 0.25) is 0 Å². The van der Waals surface area contributed by atoms with E-state index in [9.17, 15) is 9.59 Å². The number of rotatable bonds is 9. The summed E-state index contributed by atoms with van der Waals surface area (Å²) in [6.07, 6.45) is 6.52. The molecule has 0 radical (unpaired) electrons. The van der Waals surface area contributed by atoms with E-state index in [0.29, 0.717) is 35.3 Å². The molecule has 0 heterocycles. The second kappa shape index (κ2) is 10.6. The maximum atomic E-state index is 13.8. The first-order chi connectivity index (χ1) is 17.9. The fourth-order valence-electron chi connectivity index (χ4n) is 5.92. The van der Waals surface area contributed by atoms with Crippen LogP contribution in [-0.4, -0.2) is 45.4 Å². The van der Waals surface area contributed by atoms with Gasteiger partial charge in [0.25, 0.3) is 5.91 Å². The van der Waals surface area contributed by atoms with Crippen molar-refractivity contribution in [3.05, 3.63) is 52.6 Å². The predicted octanol–water partition coefficient (Wildman–Crippen LogP) is 5.47. The third-order valence-corrected chi connectivity index (χ3v) is 7.97. The molecule has 3 atom stereocenters. The van der Waals surface area contributed by atoms with Crippen molar-refractivity contribution < 1.29 is 28.5 Å². The van der Waals surface area contributed by atoms with E-state index in [4.69, 9.17) is 18.9 Å². The summed E-state index contributed by atoms with van der Waals surface area (Å²) in [5.41, 5.74) is 4.22. The second-order valence-corrected chi connectivity index (χ2v) is 10.5. The standard InChI is InChI=1S/C30H37NO6/c1-17(32)37-21-10-11-22(20-9-14-26(34-2)27(15-20)35-3)25(16-21)31-30(33)24-13-12-23(18-5-6-18)28(19-7-8-19)29(24)36-4/h9,12-15,18-19,21-22,25H,5-8,10-11,16H2,1-4H3,(H,31,33). The van der Waals surface area contributed by atoms with Crippen molar-refractivity contribution in [3.8, 4) is 17.2 Å². The van der Waals surface area contributed by atoms with Crippen molar-refractivity contribution in [1.29, 1.82) is 0 Å². The molecule has 7 nitrogen and oxygen atoms in total. The highest BCUT2D eigenvalue weighted by molar-refractivity contribution is 5.98. The number of esters is 1. The Hall–Kier alpha value is -3.22. The van der Waals surface area contributed by atoms with E-state index >= 15 is 0 Å². The Balaban J connectivity index is 1.44. The van der Waals surface area contributed by atoms with Crippen LogP contribution in [0.25, 0.3) is 0 Å². The number of amides is 1. The monoisotopic (exact) mass is 507 g/mol. The zero-order valence-electron chi connectivity index (χ0n) is 22.2. The Bertz CT molecular complexity index is 1170. The van der Waals surface area contributed by atoms with E-state index in [1.54, 1.807) is 21.3 Å². The number of hydrogen-bond donors (Lipinski definition) is 1. The lowest BCUT2D eigenvalue weighted by Gasteiger charge is -2.36. The molecule has 0 aromatic heterocycles. The Morgan fingerprint density at radius 2 is 1.57 bits per heavy atom. The van der Waals surface area contributed by atoms with E-state index in [0.717, 1.165) is 37.0 Å². The quantitative estimate of drug-likeness (QED) is 0.454. The topological polar surface area (TPSA) is 83.1 Å². The molecule has 0 bridgehead atoms. The van der Waals surface area contributed by atoms with Gasteiger partial charge in [0.05, 0.1) is 26.9 Å². The van der Waals surface area contributed by atoms with Crippen molar-refractivity contribution >= 4 is 11.9 Å². The van der Waals surface area contributed by atoms with Gasteiger partial charge < -0.3 is 24.3 Å². The van der Waals surface area contributed by atoms with Gasteiger partial charge in [-0.25, -0.2) is 0 Å². The molecule has 0 aliphatic heterocycles. The average molecular weight is 508 g/mol. The highest BCUT2D eigenvalue weighted by atomic mass is 16.5. The Labute approximate surface area is 218 Å². The number of benzene rings is 2. The summed E-state index contributed by atoms with van der Waals surface area (Å²) in [5, 5.41) is 3.30. The molecular weight excluding hydrogens is 470 g/mol. The molecule has 1 N–H and O–H groups in total. The highest BCUT2D eigenvalue weighted by Gasteiger charge is 2.38. The highest BCUT2D eigenvalue weighted by Crippen LogP contribution is 2.53. The largest absolute Gasteiger partial charge is 0.496 e. The minimum Gasteiger partial charge on any atom is -0.496 e. The molecule has 7 heteroatoms. The average Bonchev–Trinajstić information content (AvgIpc) is 3.81. The molecule has 3 aliphatic carbocycles. The second-order valence-electron chi connectivity index (χ2n) is 10.5. The number of nitrogens with one attached hydrogen (secondary N) is 1. The molecule has 5 rings (SSSR count). The van der Waals surface area contributed by atoms with Gasteiger partial charge in [-0.05, 0) is 79.7 Å². The van der Waals surface area contributed by atoms with E-state index in [1.807, 2.05) is 24.3 Å². The van der Waals surface area contributed by atoms with Gasteiger partial charge in [0.1, 0.15) is 11.9 Å². The Kier molecular flexibility index (Phi) is 7.31. The molecule has 0 spiro atoms. The lowest BCUT2D eigenvalue weighted by Crippen LogP contribution is -2.45. The molecule has 198 valence electrons. The van der Waals surface area contributed by atoms with Crippen LogP contribution >= 0.6 is 0 Å². The molecule has 3 saturated carbocycles. The number of carbonyl (C=O) groups is 2. The summed E-state index contributed by atoms with van der Waals surface area (Å²) in [7, 11) is 4.90. The Morgan fingerprint density at radius 1 is 0.838 bits per heavy atom. The van der Waals surface area contributed by atoms with Crippen molar-refractivity contribution in [2.45, 2.75) is 81.8 Å². The number of methoxy groups -OCH3 is 3. The summed E-state index contributed by atoms with van der Waals surface area (Å²) in [6.45, 7) is 1.43. The van der Waals surface area contributed by atoms with Gasteiger partial charge in [0.15, 0.2) is 11.5 Å². The molecule has 3 unspecified atom stereocenters. The van der Waals surface area contributed by atoms with Gasteiger partial charge in [-0.3, -0.25) is 9.59 Å². The fourth-order valence-corrected chi connectivity index (χ4v) is 5.92. The van der Waals surface area contributed by atoms with Crippen LogP contribution in [0.5, 0.6) is 17.2 Å². The fraction of sp³-hybridized carbons (Fsp3) is 0.533. The van der Waals surface area contributed by atoms with Crippen molar-refractivity contribution in [3.63, 3.8) is 0 Å². The van der Waals surface area contributed by atoms with Crippen LogP contribution in [0, 0.1) is 0 Å². The molecule has 3 fully saturated rings. The van der Waals surface area contributed by atoms with Gasteiger partial charge in [-0.15, -0.1) is 0 Å². The molecule has 37 heavy (non-hydrogen) atoms. The third kappa shape index (κ3) is 5.41. The summed E-state index contributed by atoms with van der Waals surface area (Å²) in [4.78, 5) is 25.5. The van der Waals surface area contributed by atoms with Gasteiger partial charge in [-0.2, -0.15) is 0 Å². The maximum Gasteiger partial charge on any atom is 0.302 e. The normalized spacial score (nSPS) is 23.2. The van der Waals surface area contributed by atoms with Gasteiger partial charge in [0, 0.05) is 30.9 Å². The molecular formula is C30H37NO6. The van der Waals surface area contributed by atoms with Crippen LogP contribution in [-0.2, 0) is 9.53 Å². The first kappa shape index (κ1) is 25.4. The number of carbonyl (C=O) groups excluding carboxylic acids is 2. The zero-order chi connectivity index (χ0) is 26.1. The summed E-state index contributed by atoms with van der Waals surface area (Å²) < 4.78 is 22.4. The van der Waals surface area contributed by atoms with E-state index < -0.39 is 0 Å². The number of ether oxygens (including phenoxy) is 4. The van der Waals surface area contributed by atoms with Crippen LogP contribution in [0.2, 0.25) is 0 Å². The lowest BCUT2D eigenvalue weighted by atomic mass is 9.78. The van der Waals surface area contributed by atoms with Gasteiger partial charge >= 0.3 is 5.97 Å². The van der Waals surface area contributed by atoms with Crippen LogP contribution in [0.4, 0.5) is 0 Å².